The summed E-state index contributed by atoms with van der Waals surface area (Å²) in [5.74, 6) is -0.410. The normalized spacial score (nSPS) is 17.5. The van der Waals surface area contributed by atoms with E-state index in [-0.39, 0.29) is 12.3 Å². The van der Waals surface area contributed by atoms with Crippen LogP contribution in [-0.4, -0.2) is 53.7 Å². The van der Waals surface area contributed by atoms with Gasteiger partial charge in [-0.1, -0.05) is 0 Å². The predicted octanol–water partition coefficient (Wildman–Crippen LogP) is 5.06. The van der Waals surface area contributed by atoms with Gasteiger partial charge in [0.25, 0.3) is 0 Å². The first-order valence-corrected chi connectivity index (χ1v) is 12.4. The Morgan fingerprint density at radius 2 is 2.12 bits per heavy atom. The van der Waals surface area contributed by atoms with Gasteiger partial charge in [0.05, 0.1) is 24.5 Å². The lowest BCUT2D eigenvalue weighted by molar-refractivity contribution is -0.0366. The van der Waals surface area contributed by atoms with Gasteiger partial charge in [-0.15, -0.1) is 11.3 Å². The molecule has 1 aliphatic heterocycles. The zero-order valence-corrected chi connectivity index (χ0v) is 21.1. The molecule has 2 aromatic heterocycles. The van der Waals surface area contributed by atoms with Crippen LogP contribution in [0.1, 0.15) is 62.9 Å². The van der Waals surface area contributed by atoms with Crippen LogP contribution in [0.5, 0.6) is 0 Å². The highest BCUT2D eigenvalue weighted by atomic mass is 32.1. The number of carbonyl (C=O) groups is 2. The van der Waals surface area contributed by atoms with Gasteiger partial charge in [0.1, 0.15) is 10.5 Å². The van der Waals surface area contributed by atoms with Gasteiger partial charge in [0, 0.05) is 34.7 Å². The van der Waals surface area contributed by atoms with Crippen LogP contribution in [-0.2, 0) is 14.2 Å². The number of alkyl carbamates (subject to hydrolysis) is 1. The quantitative estimate of drug-likeness (QED) is 0.467. The van der Waals surface area contributed by atoms with Gasteiger partial charge in [-0.25, -0.2) is 14.3 Å². The average Bonchev–Trinajstić information content (AvgIpc) is 3.37. The van der Waals surface area contributed by atoms with E-state index in [2.05, 4.69) is 15.7 Å². The van der Waals surface area contributed by atoms with Crippen LogP contribution in [0, 0.1) is 0 Å². The summed E-state index contributed by atoms with van der Waals surface area (Å²) >= 11 is 1.37. The molecule has 0 aliphatic carbocycles. The number of rotatable bonds is 6. The predicted molar refractivity (Wildman–Crippen MR) is 133 cm³/mol. The highest BCUT2D eigenvalue weighted by molar-refractivity contribution is 7.21. The van der Waals surface area contributed by atoms with Crippen molar-refractivity contribution in [3.8, 4) is 0 Å². The minimum absolute atomic E-state index is 0.0862. The molecule has 0 spiro atoms. The van der Waals surface area contributed by atoms with E-state index in [4.69, 9.17) is 14.2 Å². The van der Waals surface area contributed by atoms with E-state index < -0.39 is 17.7 Å². The molecular formula is C24H32N4O5S. The first-order valence-electron chi connectivity index (χ1n) is 11.5. The fourth-order valence-electron chi connectivity index (χ4n) is 4.08. The number of ether oxygens (including phenoxy) is 3. The van der Waals surface area contributed by atoms with Crippen molar-refractivity contribution in [1.82, 2.24) is 15.1 Å². The van der Waals surface area contributed by atoms with Gasteiger partial charge in [-0.05, 0) is 59.1 Å². The number of hydrogen-bond donors (Lipinski definition) is 2. The second-order valence-electron chi connectivity index (χ2n) is 9.51. The number of nitrogens with one attached hydrogen (secondary N) is 2. The topological polar surface area (TPSA) is 104 Å². The van der Waals surface area contributed by atoms with E-state index in [1.807, 2.05) is 50.7 Å². The van der Waals surface area contributed by atoms with Crippen LogP contribution in [0.4, 0.5) is 10.5 Å². The Morgan fingerprint density at radius 1 is 1.32 bits per heavy atom. The number of amides is 1. The number of fused-ring (bicyclic) bond motifs is 3. The molecule has 2 atom stereocenters. The molecule has 1 saturated heterocycles. The third-order valence-corrected chi connectivity index (χ3v) is 6.71. The van der Waals surface area contributed by atoms with Crippen LogP contribution < -0.4 is 10.6 Å². The first kappa shape index (κ1) is 24.3. The molecule has 2 N–H and O–H groups in total. The number of aromatic nitrogens is 2. The highest BCUT2D eigenvalue weighted by Gasteiger charge is 2.25. The lowest BCUT2D eigenvalue weighted by Gasteiger charge is -2.23. The number of nitrogens with zero attached hydrogens (tertiary/aromatic N) is 2. The monoisotopic (exact) mass is 488 g/mol. The maximum absolute atomic E-state index is 12.6. The molecule has 1 amide bonds. The minimum Gasteiger partial charge on any atom is -0.465 e. The molecule has 3 aromatic rings. The van der Waals surface area contributed by atoms with E-state index in [9.17, 15) is 9.59 Å². The van der Waals surface area contributed by atoms with Gasteiger partial charge in [-0.2, -0.15) is 5.10 Å². The van der Waals surface area contributed by atoms with Crippen LogP contribution >= 0.6 is 11.3 Å². The van der Waals surface area contributed by atoms with Crippen LogP contribution in [0.3, 0.4) is 0 Å². The van der Waals surface area contributed by atoms with Gasteiger partial charge < -0.3 is 24.8 Å². The van der Waals surface area contributed by atoms with Crippen molar-refractivity contribution in [2.24, 2.45) is 0 Å². The summed E-state index contributed by atoms with van der Waals surface area (Å²) in [4.78, 5) is 25.2. The minimum atomic E-state index is -0.577. The maximum atomic E-state index is 12.6. The zero-order valence-electron chi connectivity index (χ0n) is 20.3. The van der Waals surface area contributed by atoms with E-state index >= 15 is 0 Å². The van der Waals surface area contributed by atoms with E-state index in [1.54, 1.807) is 0 Å². The van der Waals surface area contributed by atoms with E-state index in [0.29, 0.717) is 17.1 Å². The molecule has 10 heteroatoms. The summed E-state index contributed by atoms with van der Waals surface area (Å²) < 4.78 is 19.2. The SMILES string of the molecule is COC(=O)c1sc2ccc3c(cnn3C3CCCCO3)c2c1NC[C@@H](C)NC(=O)OC(C)(C)C. The number of esters is 1. The maximum Gasteiger partial charge on any atom is 0.407 e. The third kappa shape index (κ3) is 5.12. The summed E-state index contributed by atoms with van der Waals surface area (Å²) in [6.45, 7) is 8.45. The Bertz CT molecular complexity index is 1190. The lowest BCUT2D eigenvalue weighted by Crippen LogP contribution is -2.40. The molecule has 1 fully saturated rings. The molecule has 9 nitrogen and oxygen atoms in total. The van der Waals surface area contributed by atoms with Crippen molar-refractivity contribution in [1.29, 1.82) is 0 Å². The van der Waals surface area contributed by atoms with Gasteiger partial charge in [0.15, 0.2) is 6.23 Å². The number of thiophene rings is 1. The molecule has 4 rings (SSSR count). The van der Waals surface area contributed by atoms with Crippen molar-refractivity contribution in [2.45, 2.75) is 64.8 Å². The van der Waals surface area contributed by atoms with Crippen molar-refractivity contribution < 1.29 is 23.8 Å². The summed E-state index contributed by atoms with van der Waals surface area (Å²) in [6, 6.07) is 3.79. The summed E-state index contributed by atoms with van der Waals surface area (Å²) in [7, 11) is 1.37. The van der Waals surface area contributed by atoms with Crippen molar-refractivity contribution >= 4 is 50.1 Å². The van der Waals surface area contributed by atoms with E-state index in [0.717, 1.165) is 46.9 Å². The van der Waals surface area contributed by atoms with Crippen molar-refractivity contribution in [3.63, 3.8) is 0 Å². The molecule has 34 heavy (non-hydrogen) atoms. The van der Waals surface area contributed by atoms with Crippen molar-refractivity contribution in [3.05, 3.63) is 23.2 Å². The third-order valence-electron chi connectivity index (χ3n) is 5.58. The Hall–Kier alpha value is -2.85. The van der Waals surface area contributed by atoms with Gasteiger partial charge >= 0.3 is 12.1 Å². The van der Waals surface area contributed by atoms with Crippen LogP contribution in [0.25, 0.3) is 21.0 Å². The number of benzene rings is 1. The number of methoxy groups -OCH3 is 1. The Kier molecular flexibility index (Phi) is 6.99. The second-order valence-corrected chi connectivity index (χ2v) is 10.6. The molecule has 0 radical (unpaired) electrons. The molecule has 0 bridgehead atoms. The molecule has 1 aliphatic rings. The van der Waals surface area contributed by atoms with Crippen LogP contribution in [0.15, 0.2) is 18.3 Å². The Morgan fingerprint density at radius 3 is 2.79 bits per heavy atom. The van der Waals surface area contributed by atoms with Crippen molar-refractivity contribution in [2.75, 3.05) is 25.6 Å². The highest BCUT2D eigenvalue weighted by Crippen LogP contribution is 2.41. The van der Waals surface area contributed by atoms with Gasteiger partial charge in [0.2, 0.25) is 0 Å². The Labute approximate surface area is 202 Å². The standard InChI is InChI=1S/C24H32N4O5S/c1-14(27-23(30)33-24(2,3)4)12-25-20-19-15-13-26-28(18-8-6-7-11-32-18)16(15)9-10-17(19)34-21(20)22(29)31-5/h9-10,13-14,18,25H,6-8,11-12H2,1-5H3,(H,27,30)/t14-,18?/m1/s1. The summed E-state index contributed by atoms with van der Waals surface area (Å²) in [6.07, 6.45) is 4.35. The summed E-state index contributed by atoms with van der Waals surface area (Å²) in [5, 5.41) is 12.7. The molecule has 184 valence electrons. The van der Waals surface area contributed by atoms with E-state index in [1.165, 1.54) is 18.4 Å². The smallest absolute Gasteiger partial charge is 0.407 e. The summed E-state index contributed by atoms with van der Waals surface area (Å²) in [5.41, 5.74) is 1.06. The number of hydrogen-bond acceptors (Lipinski definition) is 8. The largest absolute Gasteiger partial charge is 0.465 e. The number of anilines is 1. The van der Waals surface area contributed by atoms with Gasteiger partial charge in [-0.3, -0.25) is 0 Å². The lowest BCUT2D eigenvalue weighted by atomic mass is 10.1. The molecule has 3 heterocycles. The zero-order chi connectivity index (χ0) is 24.5. The molecule has 1 aromatic carbocycles. The molecule has 0 saturated carbocycles. The fraction of sp³-hybridized carbons (Fsp3) is 0.542. The Balaban J connectivity index is 1.65. The first-order chi connectivity index (χ1) is 16.2. The average molecular weight is 489 g/mol. The second kappa shape index (κ2) is 9.79. The number of carbonyl (C=O) groups excluding carboxylic acids is 2. The molecular weight excluding hydrogens is 456 g/mol. The van der Waals surface area contributed by atoms with Crippen LogP contribution in [0.2, 0.25) is 0 Å². The molecule has 1 unspecified atom stereocenters. The fourth-order valence-corrected chi connectivity index (χ4v) is 5.20.